The highest BCUT2D eigenvalue weighted by Gasteiger charge is 2.19. The SMILES string of the molecule is CCc1ccc(-c2[nH]c3c(C)ccc(Cl)c3c2CC(=O)O)cc1. The van der Waals surface area contributed by atoms with Gasteiger partial charge >= 0.3 is 5.97 Å². The number of aryl methyl sites for hydroxylation is 2. The maximum Gasteiger partial charge on any atom is 0.307 e. The van der Waals surface area contributed by atoms with Crippen molar-refractivity contribution >= 4 is 28.5 Å². The van der Waals surface area contributed by atoms with Crippen LogP contribution in [0.15, 0.2) is 36.4 Å². The molecule has 0 radical (unpaired) electrons. The number of halogens is 1. The van der Waals surface area contributed by atoms with Crippen LogP contribution in [0.1, 0.15) is 23.6 Å². The zero-order valence-corrected chi connectivity index (χ0v) is 13.9. The molecule has 0 amide bonds. The summed E-state index contributed by atoms with van der Waals surface area (Å²) in [6.07, 6.45) is 0.911. The number of nitrogens with one attached hydrogen (secondary N) is 1. The van der Waals surface area contributed by atoms with Crippen molar-refractivity contribution in [2.75, 3.05) is 0 Å². The van der Waals surface area contributed by atoms with Gasteiger partial charge in [-0.3, -0.25) is 4.79 Å². The topological polar surface area (TPSA) is 53.1 Å². The molecule has 2 N–H and O–H groups in total. The molecule has 23 heavy (non-hydrogen) atoms. The quantitative estimate of drug-likeness (QED) is 0.709. The van der Waals surface area contributed by atoms with Gasteiger partial charge in [-0.1, -0.05) is 48.9 Å². The molecule has 1 heterocycles. The first-order valence-electron chi connectivity index (χ1n) is 7.62. The van der Waals surface area contributed by atoms with E-state index in [1.807, 2.05) is 31.2 Å². The van der Waals surface area contributed by atoms with Gasteiger partial charge in [-0.25, -0.2) is 0 Å². The second-order valence-electron chi connectivity index (χ2n) is 5.71. The number of benzene rings is 2. The summed E-state index contributed by atoms with van der Waals surface area (Å²) in [6.45, 7) is 4.10. The maximum atomic E-state index is 11.3. The molecule has 0 spiro atoms. The van der Waals surface area contributed by atoms with E-state index in [0.717, 1.165) is 39.7 Å². The van der Waals surface area contributed by atoms with Gasteiger partial charge in [0.15, 0.2) is 0 Å². The molecular formula is C19H18ClNO2. The molecule has 0 fully saturated rings. The van der Waals surface area contributed by atoms with Crippen LogP contribution in [-0.2, 0) is 17.6 Å². The third-order valence-electron chi connectivity index (χ3n) is 4.20. The highest BCUT2D eigenvalue weighted by Crippen LogP contribution is 2.36. The number of aliphatic carboxylic acids is 1. The molecule has 0 aliphatic rings. The summed E-state index contributed by atoms with van der Waals surface area (Å²) in [5.74, 6) is -0.866. The van der Waals surface area contributed by atoms with E-state index in [1.54, 1.807) is 0 Å². The zero-order chi connectivity index (χ0) is 16.6. The van der Waals surface area contributed by atoms with Crippen molar-refractivity contribution in [1.29, 1.82) is 0 Å². The summed E-state index contributed by atoms with van der Waals surface area (Å²) in [5, 5.41) is 10.7. The van der Waals surface area contributed by atoms with Crippen molar-refractivity contribution in [1.82, 2.24) is 4.98 Å². The van der Waals surface area contributed by atoms with Crippen LogP contribution in [0.4, 0.5) is 0 Å². The van der Waals surface area contributed by atoms with Gasteiger partial charge in [0, 0.05) is 5.39 Å². The first kappa shape index (κ1) is 15.6. The molecule has 3 rings (SSSR count). The predicted octanol–water partition coefficient (Wildman–Crippen LogP) is 4.99. The van der Waals surface area contributed by atoms with Crippen LogP contribution in [0.3, 0.4) is 0 Å². The van der Waals surface area contributed by atoms with E-state index in [1.165, 1.54) is 5.56 Å². The third-order valence-corrected chi connectivity index (χ3v) is 4.51. The fourth-order valence-corrected chi connectivity index (χ4v) is 3.22. The highest BCUT2D eigenvalue weighted by molar-refractivity contribution is 6.36. The van der Waals surface area contributed by atoms with Crippen LogP contribution in [0, 0.1) is 6.92 Å². The lowest BCUT2D eigenvalue weighted by Gasteiger charge is -2.05. The summed E-state index contributed by atoms with van der Waals surface area (Å²) < 4.78 is 0. The summed E-state index contributed by atoms with van der Waals surface area (Å²) in [5.41, 5.74) is 5.76. The van der Waals surface area contributed by atoms with Crippen molar-refractivity contribution in [3.05, 3.63) is 58.1 Å². The Morgan fingerprint density at radius 1 is 1.17 bits per heavy atom. The van der Waals surface area contributed by atoms with Crippen molar-refractivity contribution in [3.63, 3.8) is 0 Å². The number of rotatable bonds is 4. The van der Waals surface area contributed by atoms with Crippen LogP contribution in [0.2, 0.25) is 5.02 Å². The molecule has 4 heteroatoms. The van der Waals surface area contributed by atoms with Gasteiger partial charge in [-0.2, -0.15) is 0 Å². The molecule has 3 aromatic rings. The lowest BCUT2D eigenvalue weighted by molar-refractivity contribution is -0.136. The number of aromatic nitrogens is 1. The highest BCUT2D eigenvalue weighted by atomic mass is 35.5. The summed E-state index contributed by atoms with van der Waals surface area (Å²) >= 11 is 6.35. The molecule has 1 aromatic heterocycles. The van der Waals surface area contributed by atoms with Crippen molar-refractivity contribution in [2.24, 2.45) is 0 Å². The predicted molar refractivity (Wildman–Crippen MR) is 94.2 cm³/mol. The molecule has 0 aliphatic heterocycles. The van der Waals surface area contributed by atoms with E-state index in [4.69, 9.17) is 11.6 Å². The second kappa shape index (κ2) is 6.09. The number of aromatic amines is 1. The molecule has 0 bridgehead atoms. The summed E-state index contributed by atoms with van der Waals surface area (Å²) in [7, 11) is 0. The summed E-state index contributed by atoms with van der Waals surface area (Å²) in [4.78, 5) is 14.7. The van der Waals surface area contributed by atoms with Crippen LogP contribution < -0.4 is 0 Å². The van der Waals surface area contributed by atoms with Gasteiger partial charge in [-0.05, 0) is 41.7 Å². The Labute approximate surface area is 139 Å². The van der Waals surface area contributed by atoms with E-state index in [-0.39, 0.29) is 6.42 Å². The average molecular weight is 328 g/mol. The zero-order valence-electron chi connectivity index (χ0n) is 13.1. The van der Waals surface area contributed by atoms with Gasteiger partial charge in [-0.15, -0.1) is 0 Å². The Balaban J connectivity index is 2.27. The lowest BCUT2D eigenvalue weighted by atomic mass is 10.0. The molecule has 0 unspecified atom stereocenters. The largest absolute Gasteiger partial charge is 0.481 e. The Morgan fingerprint density at radius 3 is 2.48 bits per heavy atom. The monoisotopic (exact) mass is 327 g/mol. The van der Waals surface area contributed by atoms with Crippen molar-refractivity contribution < 1.29 is 9.90 Å². The summed E-state index contributed by atoms with van der Waals surface area (Å²) in [6, 6.07) is 12.0. The van der Waals surface area contributed by atoms with Crippen LogP contribution in [0.25, 0.3) is 22.2 Å². The minimum Gasteiger partial charge on any atom is -0.481 e. The van der Waals surface area contributed by atoms with Crippen molar-refractivity contribution in [2.45, 2.75) is 26.7 Å². The molecule has 0 saturated heterocycles. The Kier molecular flexibility index (Phi) is 4.14. The van der Waals surface area contributed by atoms with Gasteiger partial charge in [0.05, 0.1) is 22.7 Å². The van der Waals surface area contributed by atoms with E-state index >= 15 is 0 Å². The number of hydrogen-bond acceptors (Lipinski definition) is 1. The van der Waals surface area contributed by atoms with Crippen LogP contribution in [-0.4, -0.2) is 16.1 Å². The standard InChI is InChI=1S/C19H18ClNO2/c1-3-12-5-7-13(8-6-12)19-14(10-16(22)23)17-15(20)9-4-11(2)18(17)21-19/h4-9,21H,3,10H2,1-2H3,(H,22,23). The van der Waals surface area contributed by atoms with E-state index in [9.17, 15) is 9.90 Å². The Hall–Kier alpha value is -2.26. The molecule has 0 atom stereocenters. The molecule has 2 aromatic carbocycles. The van der Waals surface area contributed by atoms with Crippen LogP contribution in [0.5, 0.6) is 0 Å². The van der Waals surface area contributed by atoms with Gasteiger partial charge in [0.2, 0.25) is 0 Å². The normalized spacial score (nSPS) is 11.1. The minimum atomic E-state index is -0.866. The number of carbonyl (C=O) groups is 1. The second-order valence-corrected chi connectivity index (χ2v) is 6.12. The third kappa shape index (κ3) is 2.84. The first-order chi connectivity index (χ1) is 11.0. The first-order valence-corrected chi connectivity index (χ1v) is 7.99. The van der Waals surface area contributed by atoms with Gasteiger partial charge in [0.25, 0.3) is 0 Å². The van der Waals surface area contributed by atoms with E-state index in [0.29, 0.717) is 5.02 Å². The Morgan fingerprint density at radius 2 is 1.87 bits per heavy atom. The minimum absolute atomic E-state index is 0.0615. The molecular weight excluding hydrogens is 310 g/mol. The number of fused-ring (bicyclic) bond motifs is 1. The number of carboxylic acids is 1. The van der Waals surface area contributed by atoms with Crippen molar-refractivity contribution in [3.8, 4) is 11.3 Å². The van der Waals surface area contributed by atoms with Gasteiger partial charge in [0.1, 0.15) is 0 Å². The van der Waals surface area contributed by atoms with E-state index in [2.05, 4.69) is 24.0 Å². The molecule has 3 nitrogen and oxygen atoms in total. The average Bonchev–Trinajstić information content (AvgIpc) is 2.91. The smallest absolute Gasteiger partial charge is 0.307 e. The van der Waals surface area contributed by atoms with Gasteiger partial charge < -0.3 is 10.1 Å². The molecule has 118 valence electrons. The fourth-order valence-electron chi connectivity index (χ4n) is 2.94. The Bertz CT molecular complexity index is 879. The van der Waals surface area contributed by atoms with Crippen LogP contribution >= 0.6 is 11.6 Å². The maximum absolute atomic E-state index is 11.3. The number of H-pyrrole nitrogens is 1. The number of carboxylic acid groups (broad SMARTS) is 1. The number of hydrogen-bond donors (Lipinski definition) is 2. The molecule has 0 saturated carbocycles. The van der Waals surface area contributed by atoms with E-state index < -0.39 is 5.97 Å². The fraction of sp³-hybridized carbons (Fsp3) is 0.211. The molecule has 0 aliphatic carbocycles. The lowest BCUT2D eigenvalue weighted by Crippen LogP contribution is -2.01.